The Morgan fingerprint density at radius 2 is 2.13 bits per heavy atom. The molecule has 8 nitrogen and oxygen atoms in total. The average Bonchev–Trinajstić information content (AvgIpc) is 3.15. The van der Waals surface area contributed by atoms with Crippen molar-refractivity contribution in [1.29, 1.82) is 0 Å². The van der Waals surface area contributed by atoms with Gasteiger partial charge in [0.05, 0.1) is 18.8 Å². The van der Waals surface area contributed by atoms with Crippen LogP contribution in [0.15, 0.2) is 17.3 Å². The van der Waals surface area contributed by atoms with Gasteiger partial charge in [0.15, 0.2) is 11.8 Å². The average molecular weight is 430 g/mol. The van der Waals surface area contributed by atoms with Crippen LogP contribution in [0.3, 0.4) is 0 Å². The Balaban J connectivity index is 0.00000192. The quantitative estimate of drug-likeness (QED) is 0.418. The molecule has 1 saturated carbocycles. The highest BCUT2D eigenvalue weighted by molar-refractivity contribution is 14.0. The molecule has 9 heteroatoms. The minimum atomic E-state index is 0. The number of hydrogen-bond acceptors (Lipinski definition) is 4. The zero-order valence-corrected chi connectivity index (χ0v) is 16.0. The molecule has 0 radical (unpaired) electrons. The SMILES string of the molecule is Cc1nnc(CNC(=NCc2ccnn2C)NC2CC2)n1C.I. The van der Waals surface area contributed by atoms with Gasteiger partial charge in [-0.3, -0.25) is 4.68 Å². The topological polar surface area (TPSA) is 85.0 Å². The lowest BCUT2D eigenvalue weighted by atomic mass is 10.4. The zero-order chi connectivity index (χ0) is 15.5. The molecular weight excluding hydrogens is 407 g/mol. The third-order valence-electron chi connectivity index (χ3n) is 3.84. The Morgan fingerprint density at radius 3 is 2.70 bits per heavy atom. The van der Waals surface area contributed by atoms with Gasteiger partial charge in [-0.25, -0.2) is 4.99 Å². The molecule has 1 aliphatic rings. The maximum absolute atomic E-state index is 4.63. The van der Waals surface area contributed by atoms with Crippen LogP contribution in [-0.2, 0) is 27.2 Å². The smallest absolute Gasteiger partial charge is 0.192 e. The van der Waals surface area contributed by atoms with Crippen LogP contribution in [-0.4, -0.2) is 36.5 Å². The van der Waals surface area contributed by atoms with Gasteiger partial charge in [0, 0.05) is 26.3 Å². The van der Waals surface area contributed by atoms with Gasteiger partial charge in [-0.2, -0.15) is 5.10 Å². The van der Waals surface area contributed by atoms with Gasteiger partial charge in [0.2, 0.25) is 0 Å². The molecule has 0 saturated heterocycles. The second kappa shape index (κ2) is 7.75. The number of aromatic nitrogens is 5. The van der Waals surface area contributed by atoms with Crippen molar-refractivity contribution >= 4 is 29.9 Å². The van der Waals surface area contributed by atoms with Gasteiger partial charge < -0.3 is 15.2 Å². The molecule has 3 rings (SSSR count). The third kappa shape index (κ3) is 4.66. The summed E-state index contributed by atoms with van der Waals surface area (Å²) in [6.45, 7) is 3.13. The summed E-state index contributed by atoms with van der Waals surface area (Å²) in [7, 11) is 3.89. The first-order valence-corrected chi connectivity index (χ1v) is 7.50. The second-order valence-corrected chi connectivity index (χ2v) is 5.61. The molecule has 2 aromatic heterocycles. The number of halogens is 1. The molecule has 2 aromatic rings. The normalized spacial score (nSPS) is 14.5. The Labute approximate surface area is 152 Å². The lowest BCUT2D eigenvalue weighted by molar-refractivity contribution is 0.695. The predicted molar refractivity (Wildman–Crippen MR) is 98.5 cm³/mol. The number of aryl methyl sites for hydroxylation is 2. The van der Waals surface area contributed by atoms with Crippen LogP contribution >= 0.6 is 24.0 Å². The third-order valence-corrected chi connectivity index (χ3v) is 3.84. The lowest BCUT2D eigenvalue weighted by Crippen LogP contribution is -2.38. The summed E-state index contributed by atoms with van der Waals surface area (Å²) < 4.78 is 3.81. The van der Waals surface area contributed by atoms with E-state index in [2.05, 4.69) is 30.9 Å². The fraction of sp³-hybridized carbons (Fsp3) is 0.571. The van der Waals surface area contributed by atoms with Crippen LogP contribution in [0.5, 0.6) is 0 Å². The van der Waals surface area contributed by atoms with Crippen LogP contribution < -0.4 is 10.6 Å². The molecule has 0 atom stereocenters. The van der Waals surface area contributed by atoms with E-state index in [1.807, 2.05) is 36.3 Å². The number of guanidine groups is 1. The van der Waals surface area contributed by atoms with E-state index in [4.69, 9.17) is 0 Å². The largest absolute Gasteiger partial charge is 0.354 e. The van der Waals surface area contributed by atoms with E-state index >= 15 is 0 Å². The van der Waals surface area contributed by atoms with Gasteiger partial charge in [-0.1, -0.05) is 0 Å². The lowest BCUT2D eigenvalue weighted by Gasteiger charge is -2.12. The molecular formula is C14H23IN8. The van der Waals surface area contributed by atoms with Crippen molar-refractivity contribution in [3.8, 4) is 0 Å². The van der Waals surface area contributed by atoms with E-state index < -0.39 is 0 Å². The highest BCUT2D eigenvalue weighted by Crippen LogP contribution is 2.18. The second-order valence-electron chi connectivity index (χ2n) is 5.61. The van der Waals surface area contributed by atoms with Crippen molar-refractivity contribution in [3.63, 3.8) is 0 Å². The van der Waals surface area contributed by atoms with E-state index in [1.54, 1.807) is 6.20 Å². The van der Waals surface area contributed by atoms with Gasteiger partial charge in [0.1, 0.15) is 5.82 Å². The summed E-state index contributed by atoms with van der Waals surface area (Å²) in [5, 5.41) is 19.1. The summed E-state index contributed by atoms with van der Waals surface area (Å²) in [6.07, 6.45) is 4.19. The molecule has 0 aromatic carbocycles. The van der Waals surface area contributed by atoms with E-state index in [9.17, 15) is 0 Å². The molecule has 126 valence electrons. The maximum atomic E-state index is 4.63. The van der Waals surface area contributed by atoms with Crippen LogP contribution in [0.2, 0.25) is 0 Å². The Kier molecular flexibility index (Phi) is 5.97. The van der Waals surface area contributed by atoms with Gasteiger partial charge in [-0.05, 0) is 25.8 Å². The van der Waals surface area contributed by atoms with Crippen molar-refractivity contribution < 1.29 is 0 Å². The van der Waals surface area contributed by atoms with Crippen LogP contribution in [0, 0.1) is 6.92 Å². The molecule has 0 bridgehead atoms. The van der Waals surface area contributed by atoms with E-state index in [0.29, 0.717) is 19.1 Å². The molecule has 0 aliphatic heterocycles. The van der Waals surface area contributed by atoms with E-state index in [0.717, 1.165) is 23.3 Å². The van der Waals surface area contributed by atoms with Crippen molar-refractivity contribution in [3.05, 3.63) is 29.6 Å². The predicted octanol–water partition coefficient (Wildman–Crippen LogP) is 0.873. The van der Waals surface area contributed by atoms with Gasteiger partial charge in [-0.15, -0.1) is 34.2 Å². The minimum Gasteiger partial charge on any atom is -0.354 e. The van der Waals surface area contributed by atoms with Crippen molar-refractivity contribution in [1.82, 2.24) is 35.2 Å². The first kappa shape index (κ1) is 17.7. The van der Waals surface area contributed by atoms with Crippen LogP contribution in [0.25, 0.3) is 0 Å². The maximum Gasteiger partial charge on any atom is 0.192 e. The molecule has 2 heterocycles. The van der Waals surface area contributed by atoms with Crippen molar-refractivity contribution in [2.24, 2.45) is 19.1 Å². The number of rotatable bonds is 5. The summed E-state index contributed by atoms with van der Waals surface area (Å²) in [5.74, 6) is 2.60. The molecule has 0 amide bonds. The Hall–Kier alpha value is -1.65. The molecule has 1 aliphatic carbocycles. The van der Waals surface area contributed by atoms with E-state index in [-0.39, 0.29) is 24.0 Å². The Morgan fingerprint density at radius 1 is 1.35 bits per heavy atom. The van der Waals surface area contributed by atoms with Gasteiger partial charge in [0.25, 0.3) is 0 Å². The van der Waals surface area contributed by atoms with Crippen LogP contribution in [0.1, 0.15) is 30.2 Å². The molecule has 0 spiro atoms. The van der Waals surface area contributed by atoms with Crippen molar-refractivity contribution in [2.75, 3.05) is 0 Å². The summed E-state index contributed by atoms with van der Waals surface area (Å²) in [6, 6.07) is 2.52. The molecule has 0 unspecified atom stereocenters. The van der Waals surface area contributed by atoms with Crippen molar-refractivity contribution in [2.45, 2.75) is 38.9 Å². The monoisotopic (exact) mass is 430 g/mol. The summed E-state index contributed by atoms with van der Waals surface area (Å²) >= 11 is 0. The molecule has 23 heavy (non-hydrogen) atoms. The molecule has 2 N–H and O–H groups in total. The molecule has 1 fully saturated rings. The first-order chi connectivity index (χ1) is 10.6. The first-order valence-electron chi connectivity index (χ1n) is 7.50. The number of nitrogens with zero attached hydrogens (tertiary/aromatic N) is 6. The van der Waals surface area contributed by atoms with E-state index in [1.165, 1.54) is 12.8 Å². The number of aliphatic imine (C=N–C) groups is 1. The van der Waals surface area contributed by atoms with Crippen LogP contribution in [0.4, 0.5) is 0 Å². The zero-order valence-electron chi connectivity index (χ0n) is 13.7. The number of nitrogens with one attached hydrogen (secondary N) is 2. The summed E-state index contributed by atoms with van der Waals surface area (Å²) in [4.78, 5) is 4.63. The Bertz CT molecular complexity index is 670. The van der Waals surface area contributed by atoms with Gasteiger partial charge >= 0.3 is 0 Å². The minimum absolute atomic E-state index is 0. The summed E-state index contributed by atoms with van der Waals surface area (Å²) in [5.41, 5.74) is 1.08. The standard InChI is InChI=1S/C14H22N8.HI/c1-10-19-20-13(21(10)2)9-16-14(18-11-4-5-11)15-8-12-6-7-17-22(12)3;/h6-7,11H,4-5,8-9H2,1-3H3,(H2,15,16,18);1H. The highest BCUT2D eigenvalue weighted by Gasteiger charge is 2.22. The number of hydrogen-bond donors (Lipinski definition) is 2. The fourth-order valence-electron chi connectivity index (χ4n) is 2.06. The fourth-order valence-corrected chi connectivity index (χ4v) is 2.06. The highest BCUT2D eigenvalue weighted by atomic mass is 127.